The number of carbonyl (C=O) groups is 1. The van der Waals surface area contributed by atoms with E-state index in [2.05, 4.69) is 4.74 Å². The van der Waals surface area contributed by atoms with Gasteiger partial charge in [-0.2, -0.15) is 0 Å². The number of anilines is 1. The molecule has 1 unspecified atom stereocenters. The average molecular weight is 194 g/mol. The summed E-state index contributed by atoms with van der Waals surface area (Å²) in [6, 6.07) is 6.97. The molecule has 1 aromatic carbocycles. The fraction of sp³-hybridized carbons (Fsp3) is 0.300. The topological polar surface area (TPSA) is 78.3 Å². The Morgan fingerprint density at radius 1 is 1.43 bits per heavy atom. The van der Waals surface area contributed by atoms with E-state index in [9.17, 15) is 4.79 Å². The zero-order chi connectivity index (χ0) is 10.8. The van der Waals surface area contributed by atoms with Crippen LogP contribution in [0.2, 0.25) is 0 Å². The lowest BCUT2D eigenvalue weighted by atomic mass is 9.92. The summed E-state index contributed by atoms with van der Waals surface area (Å²) in [5.41, 5.74) is 11.4. The maximum absolute atomic E-state index is 11.4. The summed E-state index contributed by atoms with van der Waals surface area (Å²) in [5.74, 6) is -0.504. The molecule has 0 aliphatic heterocycles. The zero-order valence-electron chi connectivity index (χ0n) is 8.28. The van der Waals surface area contributed by atoms with Gasteiger partial charge in [0.1, 0.15) is 5.54 Å². The molecule has 0 aliphatic carbocycles. The first-order valence-electron chi connectivity index (χ1n) is 4.22. The first-order valence-corrected chi connectivity index (χ1v) is 4.22. The second-order valence-electron chi connectivity index (χ2n) is 3.28. The van der Waals surface area contributed by atoms with Gasteiger partial charge in [-0.25, -0.2) is 4.79 Å². The molecular weight excluding hydrogens is 180 g/mol. The molecule has 4 heteroatoms. The molecule has 14 heavy (non-hydrogen) atoms. The molecule has 0 saturated heterocycles. The van der Waals surface area contributed by atoms with Crippen molar-refractivity contribution in [3.63, 3.8) is 0 Å². The van der Waals surface area contributed by atoms with E-state index in [1.165, 1.54) is 7.11 Å². The lowest BCUT2D eigenvalue weighted by Gasteiger charge is -2.23. The van der Waals surface area contributed by atoms with Gasteiger partial charge >= 0.3 is 5.97 Å². The highest BCUT2D eigenvalue weighted by Crippen LogP contribution is 2.24. The van der Waals surface area contributed by atoms with E-state index in [1.54, 1.807) is 31.2 Å². The van der Waals surface area contributed by atoms with Crippen molar-refractivity contribution in [3.05, 3.63) is 29.8 Å². The molecule has 0 spiro atoms. The van der Waals surface area contributed by atoms with Gasteiger partial charge < -0.3 is 16.2 Å². The summed E-state index contributed by atoms with van der Waals surface area (Å²) in [6.07, 6.45) is 0. The lowest BCUT2D eigenvalue weighted by molar-refractivity contribution is -0.146. The molecule has 1 atom stereocenters. The van der Waals surface area contributed by atoms with E-state index in [1.807, 2.05) is 0 Å². The maximum atomic E-state index is 11.4. The van der Waals surface area contributed by atoms with Crippen molar-refractivity contribution >= 4 is 11.7 Å². The number of rotatable bonds is 2. The molecule has 4 N–H and O–H groups in total. The Balaban J connectivity index is 3.16. The molecule has 0 fully saturated rings. The fourth-order valence-corrected chi connectivity index (χ4v) is 1.29. The van der Waals surface area contributed by atoms with E-state index in [-0.39, 0.29) is 0 Å². The van der Waals surface area contributed by atoms with Gasteiger partial charge in [-0.05, 0) is 13.0 Å². The summed E-state index contributed by atoms with van der Waals surface area (Å²) in [7, 11) is 1.30. The molecule has 0 radical (unpaired) electrons. The summed E-state index contributed by atoms with van der Waals surface area (Å²) in [5, 5.41) is 0. The van der Waals surface area contributed by atoms with Crippen molar-refractivity contribution < 1.29 is 9.53 Å². The molecule has 1 rings (SSSR count). The van der Waals surface area contributed by atoms with Crippen LogP contribution < -0.4 is 11.5 Å². The van der Waals surface area contributed by atoms with Crippen molar-refractivity contribution in [1.29, 1.82) is 0 Å². The number of methoxy groups -OCH3 is 1. The Morgan fingerprint density at radius 2 is 2.00 bits per heavy atom. The van der Waals surface area contributed by atoms with Crippen molar-refractivity contribution in [1.82, 2.24) is 0 Å². The third kappa shape index (κ3) is 1.70. The van der Waals surface area contributed by atoms with Gasteiger partial charge in [-0.15, -0.1) is 0 Å². The van der Waals surface area contributed by atoms with Crippen LogP contribution in [0.15, 0.2) is 24.3 Å². The van der Waals surface area contributed by atoms with Crippen LogP contribution in [-0.2, 0) is 15.1 Å². The largest absolute Gasteiger partial charge is 0.467 e. The third-order valence-corrected chi connectivity index (χ3v) is 2.13. The van der Waals surface area contributed by atoms with Gasteiger partial charge in [-0.1, -0.05) is 18.2 Å². The number of carbonyl (C=O) groups excluding carboxylic acids is 1. The minimum absolute atomic E-state index is 0.489. The normalized spacial score (nSPS) is 14.5. The molecule has 0 heterocycles. The van der Waals surface area contributed by atoms with E-state index in [0.29, 0.717) is 11.3 Å². The Kier molecular flexibility index (Phi) is 2.76. The minimum Gasteiger partial charge on any atom is -0.467 e. The highest BCUT2D eigenvalue weighted by molar-refractivity contribution is 5.83. The molecule has 0 aliphatic rings. The van der Waals surface area contributed by atoms with E-state index < -0.39 is 11.5 Å². The Labute approximate surface area is 82.8 Å². The number of benzene rings is 1. The van der Waals surface area contributed by atoms with E-state index in [0.717, 1.165) is 0 Å². The Hall–Kier alpha value is -1.55. The van der Waals surface area contributed by atoms with E-state index >= 15 is 0 Å². The second kappa shape index (κ2) is 3.67. The number of para-hydroxylation sites is 1. The number of hydrogen-bond donors (Lipinski definition) is 2. The lowest BCUT2D eigenvalue weighted by Crippen LogP contribution is -2.43. The SMILES string of the molecule is COC(=O)C(C)(N)c1ccccc1N. The Morgan fingerprint density at radius 3 is 2.50 bits per heavy atom. The smallest absolute Gasteiger partial charge is 0.330 e. The van der Waals surface area contributed by atoms with Crippen LogP contribution in [0.3, 0.4) is 0 Å². The van der Waals surface area contributed by atoms with Gasteiger partial charge in [-0.3, -0.25) is 0 Å². The van der Waals surface area contributed by atoms with Gasteiger partial charge in [0.25, 0.3) is 0 Å². The number of nitrogen functional groups attached to an aromatic ring is 1. The average Bonchev–Trinajstić information content (AvgIpc) is 2.17. The van der Waals surface area contributed by atoms with Crippen LogP contribution >= 0.6 is 0 Å². The summed E-state index contributed by atoms with van der Waals surface area (Å²) in [6.45, 7) is 1.57. The third-order valence-electron chi connectivity index (χ3n) is 2.13. The van der Waals surface area contributed by atoms with Gasteiger partial charge in [0, 0.05) is 11.3 Å². The maximum Gasteiger partial charge on any atom is 0.330 e. The van der Waals surface area contributed by atoms with Crippen LogP contribution in [-0.4, -0.2) is 13.1 Å². The molecule has 0 bridgehead atoms. The van der Waals surface area contributed by atoms with Crippen LogP contribution in [0.1, 0.15) is 12.5 Å². The van der Waals surface area contributed by atoms with Crippen LogP contribution in [0.4, 0.5) is 5.69 Å². The standard InChI is InChI=1S/C10H14N2O2/c1-10(12,9(13)14-2)7-5-3-4-6-8(7)11/h3-6H,11-12H2,1-2H3. The highest BCUT2D eigenvalue weighted by Gasteiger charge is 2.33. The Bertz CT molecular complexity index is 348. The molecule has 0 amide bonds. The summed E-state index contributed by atoms with van der Waals surface area (Å²) >= 11 is 0. The first-order chi connectivity index (χ1) is 6.50. The summed E-state index contributed by atoms with van der Waals surface area (Å²) in [4.78, 5) is 11.4. The van der Waals surface area contributed by atoms with Crippen molar-refractivity contribution in [2.24, 2.45) is 5.73 Å². The van der Waals surface area contributed by atoms with Crippen LogP contribution in [0.5, 0.6) is 0 Å². The van der Waals surface area contributed by atoms with Gasteiger partial charge in [0.2, 0.25) is 0 Å². The predicted molar refractivity (Wildman–Crippen MR) is 54.4 cm³/mol. The number of hydrogen-bond acceptors (Lipinski definition) is 4. The molecule has 4 nitrogen and oxygen atoms in total. The zero-order valence-corrected chi connectivity index (χ0v) is 8.28. The first kappa shape index (κ1) is 10.5. The number of esters is 1. The predicted octanol–water partition coefficient (Wildman–Crippen LogP) is 0.616. The van der Waals surface area contributed by atoms with E-state index in [4.69, 9.17) is 11.5 Å². The molecular formula is C10H14N2O2. The molecule has 76 valence electrons. The van der Waals surface area contributed by atoms with Crippen molar-refractivity contribution in [3.8, 4) is 0 Å². The summed E-state index contributed by atoms with van der Waals surface area (Å²) < 4.78 is 4.60. The van der Waals surface area contributed by atoms with Gasteiger partial charge in [0.05, 0.1) is 7.11 Å². The molecule has 1 aromatic rings. The molecule has 0 aromatic heterocycles. The minimum atomic E-state index is -1.19. The van der Waals surface area contributed by atoms with Crippen LogP contribution in [0.25, 0.3) is 0 Å². The second-order valence-corrected chi connectivity index (χ2v) is 3.28. The fourth-order valence-electron chi connectivity index (χ4n) is 1.29. The van der Waals surface area contributed by atoms with Gasteiger partial charge in [0.15, 0.2) is 0 Å². The van der Waals surface area contributed by atoms with Crippen molar-refractivity contribution in [2.45, 2.75) is 12.5 Å². The van der Waals surface area contributed by atoms with Crippen molar-refractivity contribution in [2.75, 3.05) is 12.8 Å². The number of nitrogens with two attached hydrogens (primary N) is 2. The molecule has 0 saturated carbocycles. The number of ether oxygens (including phenoxy) is 1. The highest BCUT2D eigenvalue weighted by atomic mass is 16.5. The quantitative estimate of drug-likeness (QED) is 0.534. The monoisotopic (exact) mass is 194 g/mol. The van der Waals surface area contributed by atoms with Crippen LogP contribution in [0, 0.1) is 0 Å².